The van der Waals surface area contributed by atoms with E-state index in [1.165, 1.54) is 0 Å². The highest BCUT2D eigenvalue weighted by Crippen LogP contribution is 2.33. The molecule has 8 nitrogen and oxygen atoms in total. The van der Waals surface area contributed by atoms with E-state index in [2.05, 4.69) is 24.6 Å². The second kappa shape index (κ2) is 11.8. The number of fused-ring (bicyclic) bond motifs is 1. The van der Waals surface area contributed by atoms with Gasteiger partial charge in [0.2, 0.25) is 0 Å². The van der Waals surface area contributed by atoms with Crippen molar-refractivity contribution in [2.75, 3.05) is 19.0 Å². The van der Waals surface area contributed by atoms with E-state index in [4.69, 9.17) is 14.5 Å². The summed E-state index contributed by atoms with van der Waals surface area (Å²) in [5, 5.41) is 9.71. The lowest BCUT2D eigenvalue weighted by molar-refractivity contribution is 0.0909. The molecule has 202 valence electrons. The zero-order valence-electron chi connectivity index (χ0n) is 22.3. The van der Waals surface area contributed by atoms with Crippen LogP contribution >= 0.6 is 0 Å². The van der Waals surface area contributed by atoms with Gasteiger partial charge >= 0.3 is 0 Å². The van der Waals surface area contributed by atoms with Crippen molar-refractivity contribution >= 4 is 28.9 Å². The molecular weight excluding hydrogens is 518 g/mol. The Bertz CT molecular complexity index is 1480. The highest BCUT2D eigenvalue weighted by Gasteiger charge is 2.19. The molecule has 0 aliphatic heterocycles. The number of pyridine rings is 1. The minimum atomic E-state index is -3.30. The molecule has 0 radical (unpaired) electrons. The van der Waals surface area contributed by atoms with Gasteiger partial charge in [-0.3, -0.25) is 9.55 Å². The van der Waals surface area contributed by atoms with Crippen molar-refractivity contribution in [3.05, 3.63) is 66.4 Å². The normalized spacial score (nSPS) is 12.2. The number of nitrogens with zero attached hydrogens (tertiary/aromatic N) is 3. The molecule has 0 aliphatic carbocycles. The molecule has 2 heterocycles. The van der Waals surface area contributed by atoms with E-state index in [0.717, 1.165) is 28.3 Å². The third kappa shape index (κ3) is 6.68. The number of aromatic nitrogens is 3. The number of sulfone groups is 1. The number of imidazole rings is 1. The summed E-state index contributed by atoms with van der Waals surface area (Å²) in [6.07, 6.45) is 2.12. The smallest absolute Gasteiger partial charge is 0.178 e. The maximum Gasteiger partial charge on any atom is 0.178 e. The van der Waals surface area contributed by atoms with E-state index in [1.807, 2.05) is 34.9 Å². The first-order valence-corrected chi connectivity index (χ1v) is 18.1. The molecule has 0 saturated heterocycles. The fourth-order valence-corrected chi connectivity index (χ4v) is 5.61. The van der Waals surface area contributed by atoms with Crippen LogP contribution in [0.25, 0.3) is 22.6 Å². The molecule has 2 aromatic heterocycles. The molecular formula is C28H35N3O5SSi. The summed E-state index contributed by atoms with van der Waals surface area (Å²) >= 11 is 0. The average molecular weight is 554 g/mol. The lowest BCUT2D eigenvalue weighted by Crippen LogP contribution is -2.22. The summed E-state index contributed by atoms with van der Waals surface area (Å²) in [5.41, 5.74) is 3.10. The highest BCUT2D eigenvalue weighted by atomic mass is 32.2. The minimum absolute atomic E-state index is 0.0348. The Kier molecular flexibility index (Phi) is 8.66. The molecule has 1 N–H and O–H groups in total. The Hall–Kier alpha value is -3.05. The molecule has 0 aliphatic rings. The van der Waals surface area contributed by atoms with E-state index in [-0.39, 0.29) is 17.3 Å². The largest absolute Gasteiger partial charge is 0.457 e. The van der Waals surface area contributed by atoms with Crippen molar-refractivity contribution in [2.45, 2.75) is 50.7 Å². The van der Waals surface area contributed by atoms with Crippen LogP contribution in [0, 0.1) is 0 Å². The molecule has 0 saturated carbocycles. The minimum Gasteiger partial charge on any atom is -0.457 e. The summed E-state index contributed by atoms with van der Waals surface area (Å²) in [6, 6.07) is 17.0. The van der Waals surface area contributed by atoms with Crippen LogP contribution in [0.1, 0.15) is 12.5 Å². The van der Waals surface area contributed by atoms with E-state index in [9.17, 15) is 13.5 Å². The lowest BCUT2D eigenvalue weighted by atomic mass is 10.1. The van der Waals surface area contributed by atoms with Gasteiger partial charge in [0.15, 0.2) is 15.7 Å². The summed E-state index contributed by atoms with van der Waals surface area (Å²) < 4.78 is 38.7. The van der Waals surface area contributed by atoms with Gasteiger partial charge in [-0.05, 0) is 60.5 Å². The molecule has 38 heavy (non-hydrogen) atoms. The van der Waals surface area contributed by atoms with Crippen LogP contribution in [0.4, 0.5) is 0 Å². The van der Waals surface area contributed by atoms with Gasteiger partial charge in [0, 0.05) is 33.6 Å². The van der Waals surface area contributed by atoms with Gasteiger partial charge in [-0.25, -0.2) is 13.4 Å². The van der Waals surface area contributed by atoms with Crippen LogP contribution < -0.4 is 4.74 Å². The number of hydrogen-bond acceptors (Lipinski definition) is 7. The molecule has 4 rings (SSSR count). The Morgan fingerprint density at radius 2 is 1.82 bits per heavy atom. The monoisotopic (exact) mass is 553 g/mol. The van der Waals surface area contributed by atoms with Gasteiger partial charge < -0.3 is 14.6 Å². The molecule has 0 bridgehead atoms. The van der Waals surface area contributed by atoms with Gasteiger partial charge in [-0.1, -0.05) is 32.6 Å². The first-order chi connectivity index (χ1) is 18.1. The van der Waals surface area contributed by atoms with Crippen LogP contribution in [-0.4, -0.2) is 55.1 Å². The topological polar surface area (TPSA) is 104 Å². The zero-order chi connectivity index (χ0) is 27.3. The van der Waals surface area contributed by atoms with Gasteiger partial charge in [0.1, 0.15) is 23.9 Å². The predicted molar refractivity (Wildman–Crippen MR) is 152 cm³/mol. The number of hydrogen-bond donors (Lipinski definition) is 1. The highest BCUT2D eigenvalue weighted by molar-refractivity contribution is 7.91. The maximum absolute atomic E-state index is 12.2. The SMILES string of the molecule is CCS(=O)(=O)c1ccc(Oc2cc3c(cc2CCO)nc(-c2ccccn2)n3COCC[Si](C)(C)C)cc1. The zero-order valence-corrected chi connectivity index (χ0v) is 24.2. The van der Waals surface area contributed by atoms with Gasteiger partial charge in [-0.15, -0.1) is 0 Å². The van der Waals surface area contributed by atoms with Crippen LogP contribution in [0.5, 0.6) is 11.5 Å². The third-order valence-electron chi connectivity index (χ3n) is 6.21. The molecule has 4 aromatic rings. The van der Waals surface area contributed by atoms with Crippen LogP contribution in [0.2, 0.25) is 25.7 Å². The van der Waals surface area contributed by atoms with Gasteiger partial charge in [0.25, 0.3) is 0 Å². The summed E-state index contributed by atoms with van der Waals surface area (Å²) in [4.78, 5) is 9.64. The average Bonchev–Trinajstić information content (AvgIpc) is 3.24. The van der Waals surface area contributed by atoms with E-state index in [0.29, 0.717) is 37.1 Å². The van der Waals surface area contributed by atoms with E-state index < -0.39 is 17.9 Å². The first-order valence-electron chi connectivity index (χ1n) is 12.7. The van der Waals surface area contributed by atoms with Crippen molar-refractivity contribution in [3.63, 3.8) is 0 Å². The number of rotatable bonds is 12. The number of aliphatic hydroxyl groups is 1. The van der Waals surface area contributed by atoms with Crippen molar-refractivity contribution in [3.8, 4) is 23.0 Å². The first kappa shape index (κ1) is 28.0. The molecule has 10 heteroatoms. The van der Waals surface area contributed by atoms with Crippen LogP contribution in [0.3, 0.4) is 0 Å². The quantitative estimate of drug-likeness (QED) is 0.182. The second-order valence-electron chi connectivity index (χ2n) is 10.3. The fourth-order valence-electron chi connectivity index (χ4n) is 3.97. The Morgan fingerprint density at radius 3 is 2.45 bits per heavy atom. The molecule has 0 fully saturated rings. The van der Waals surface area contributed by atoms with Gasteiger partial charge in [-0.2, -0.15) is 0 Å². The molecule has 0 unspecified atom stereocenters. The summed E-state index contributed by atoms with van der Waals surface area (Å²) in [5.74, 6) is 1.79. The fraction of sp³-hybridized carbons (Fsp3) is 0.357. The second-order valence-corrected chi connectivity index (χ2v) is 18.2. The van der Waals surface area contributed by atoms with Crippen molar-refractivity contribution in [2.24, 2.45) is 0 Å². The lowest BCUT2D eigenvalue weighted by Gasteiger charge is -2.17. The van der Waals surface area contributed by atoms with Gasteiger partial charge in [0.05, 0.1) is 21.7 Å². The third-order valence-corrected chi connectivity index (χ3v) is 9.67. The summed E-state index contributed by atoms with van der Waals surface area (Å²) in [7, 11) is -4.54. The summed E-state index contributed by atoms with van der Waals surface area (Å²) in [6.45, 7) is 9.50. The Labute approximate surface area is 225 Å². The standard InChI is InChI=1S/C28H35N3O5SSi/c1-5-37(33,34)23-11-9-22(10-12-23)36-27-19-26-25(18-21(27)13-15-32)30-28(24-8-6-7-14-29-24)31(26)20-35-16-17-38(2,3)4/h6-12,14,18-19,32H,5,13,15-17,20H2,1-4H3. The van der Waals surface area contributed by atoms with Crippen molar-refractivity contribution in [1.29, 1.82) is 0 Å². The van der Waals surface area contributed by atoms with Crippen molar-refractivity contribution < 1.29 is 23.0 Å². The van der Waals surface area contributed by atoms with E-state index in [1.54, 1.807) is 37.4 Å². The van der Waals surface area contributed by atoms with Crippen molar-refractivity contribution in [1.82, 2.24) is 14.5 Å². The molecule has 0 atom stereocenters. The maximum atomic E-state index is 12.2. The predicted octanol–water partition coefficient (Wildman–Crippen LogP) is 5.53. The number of aliphatic hydroxyl groups excluding tert-OH is 1. The number of benzene rings is 2. The Morgan fingerprint density at radius 1 is 1.05 bits per heavy atom. The molecule has 0 amide bonds. The van der Waals surface area contributed by atoms with Crippen LogP contribution in [0.15, 0.2) is 65.7 Å². The van der Waals surface area contributed by atoms with Crippen LogP contribution in [-0.2, 0) is 27.7 Å². The molecule has 0 spiro atoms. The number of ether oxygens (including phenoxy) is 2. The molecule has 2 aromatic carbocycles. The van der Waals surface area contributed by atoms with E-state index >= 15 is 0 Å². The Balaban J connectivity index is 1.74.